The molecule has 0 aromatic heterocycles. The molecule has 0 saturated carbocycles. The van der Waals surface area contributed by atoms with Gasteiger partial charge in [0.15, 0.2) is 0 Å². The summed E-state index contributed by atoms with van der Waals surface area (Å²) in [7, 11) is 0. The standard InChI is InChI=1S/C28H54O2/c1-3-5-7-9-11-13-15-17-19-21-23-25-27-30-28(29)26-24-22-20-18-16-14-12-10-8-6-4-2/h25,27H,3-24,26H2,1-2H3. The van der Waals surface area contributed by atoms with Gasteiger partial charge in [0.25, 0.3) is 0 Å². The average Bonchev–Trinajstić information content (AvgIpc) is 2.75. The van der Waals surface area contributed by atoms with E-state index in [0.29, 0.717) is 6.42 Å². The fourth-order valence-corrected chi connectivity index (χ4v) is 3.93. The Morgan fingerprint density at radius 1 is 0.533 bits per heavy atom. The first kappa shape index (κ1) is 29.2. The molecule has 2 heteroatoms. The van der Waals surface area contributed by atoms with Gasteiger partial charge in [0.05, 0.1) is 6.26 Å². The van der Waals surface area contributed by atoms with E-state index in [1.54, 1.807) is 6.26 Å². The van der Waals surface area contributed by atoms with Crippen LogP contribution < -0.4 is 0 Å². The van der Waals surface area contributed by atoms with E-state index in [0.717, 1.165) is 19.3 Å². The van der Waals surface area contributed by atoms with Gasteiger partial charge in [0.1, 0.15) is 0 Å². The van der Waals surface area contributed by atoms with Crippen LogP contribution in [0.15, 0.2) is 12.3 Å². The summed E-state index contributed by atoms with van der Waals surface area (Å²) in [5.74, 6) is -0.0646. The number of unbranched alkanes of at least 4 members (excludes halogenated alkanes) is 20. The Labute approximate surface area is 189 Å². The molecule has 0 aliphatic carbocycles. The molecule has 0 radical (unpaired) electrons. The first-order chi connectivity index (χ1) is 14.8. The maximum absolute atomic E-state index is 11.7. The number of allylic oxidation sites excluding steroid dienone is 1. The van der Waals surface area contributed by atoms with Gasteiger partial charge < -0.3 is 4.74 Å². The van der Waals surface area contributed by atoms with Crippen LogP contribution >= 0.6 is 0 Å². The van der Waals surface area contributed by atoms with Gasteiger partial charge in [-0.1, -0.05) is 136 Å². The lowest BCUT2D eigenvalue weighted by Crippen LogP contribution is -1.98. The molecule has 0 unspecified atom stereocenters. The summed E-state index contributed by atoms with van der Waals surface area (Å²) in [4.78, 5) is 11.7. The van der Waals surface area contributed by atoms with Crippen LogP contribution in [0.2, 0.25) is 0 Å². The number of carbonyl (C=O) groups is 1. The Bertz CT molecular complexity index is 362. The van der Waals surface area contributed by atoms with Crippen molar-refractivity contribution < 1.29 is 9.53 Å². The van der Waals surface area contributed by atoms with Gasteiger partial charge in [0.2, 0.25) is 0 Å². The Balaban J connectivity index is 3.23. The SMILES string of the molecule is CCCCCCCCCCCCC=COC(=O)CCCCCCCCCCCCC. The third kappa shape index (κ3) is 25.2. The maximum atomic E-state index is 11.7. The Morgan fingerprint density at radius 2 is 0.900 bits per heavy atom. The van der Waals surface area contributed by atoms with Crippen molar-refractivity contribution in [3.8, 4) is 0 Å². The van der Waals surface area contributed by atoms with Crippen molar-refractivity contribution in [2.75, 3.05) is 0 Å². The van der Waals surface area contributed by atoms with E-state index in [1.165, 1.54) is 122 Å². The minimum atomic E-state index is -0.0646. The molecule has 0 atom stereocenters. The minimum absolute atomic E-state index is 0.0646. The van der Waals surface area contributed by atoms with E-state index in [2.05, 4.69) is 13.8 Å². The molecule has 2 nitrogen and oxygen atoms in total. The summed E-state index contributed by atoms with van der Waals surface area (Å²) in [5, 5.41) is 0. The summed E-state index contributed by atoms with van der Waals surface area (Å²) in [6.45, 7) is 4.54. The van der Waals surface area contributed by atoms with E-state index in [-0.39, 0.29) is 5.97 Å². The van der Waals surface area contributed by atoms with Crippen LogP contribution in [0.4, 0.5) is 0 Å². The fraction of sp³-hybridized carbons (Fsp3) is 0.893. The highest BCUT2D eigenvalue weighted by molar-refractivity contribution is 5.69. The third-order valence-electron chi connectivity index (χ3n) is 6.00. The predicted molar refractivity (Wildman–Crippen MR) is 133 cm³/mol. The molecule has 0 aliphatic rings. The van der Waals surface area contributed by atoms with Crippen LogP contribution in [0.3, 0.4) is 0 Å². The van der Waals surface area contributed by atoms with Crippen molar-refractivity contribution in [3.05, 3.63) is 12.3 Å². The quantitative estimate of drug-likeness (QED) is 0.0878. The van der Waals surface area contributed by atoms with Gasteiger partial charge in [-0.15, -0.1) is 0 Å². The monoisotopic (exact) mass is 422 g/mol. The second kappa shape index (κ2) is 26.2. The predicted octanol–water partition coefficient (Wildman–Crippen LogP) is 10.1. The lowest BCUT2D eigenvalue weighted by Gasteiger charge is -2.03. The van der Waals surface area contributed by atoms with Gasteiger partial charge in [0, 0.05) is 6.42 Å². The van der Waals surface area contributed by atoms with Crippen LogP contribution in [-0.4, -0.2) is 5.97 Å². The third-order valence-corrected chi connectivity index (χ3v) is 6.00. The maximum Gasteiger partial charge on any atom is 0.310 e. The minimum Gasteiger partial charge on any atom is -0.435 e. The molecule has 0 fully saturated rings. The second-order valence-corrected chi connectivity index (χ2v) is 9.12. The molecule has 0 spiro atoms. The first-order valence-electron chi connectivity index (χ1n) is 13.7. The largest absolute Gasteiger partial charge is 0.435 e. The zero-order chi connectivity index (χ0) is 22.0. The molecule has 0 heterocycles. The fourth-order valence-electron chi connectivity index (χ4n) is 3.93. The van der Waals surface area contributed by atoms with Crippen molar-refractivity contribution in [2.24, 2.45) is 0 Å². The molecule has 0 bridgehead atoms. The van der Waals surface area contributed by atoms with E-state index < -0.39 is 0 Å². The summed E-state index contributed by atoms with van der Waals surface area (Å²) in [6.07, 6.45) is 33.3. The lowest BCUT2D eigenvalue weighted by atomic mass is 10.1. The summed E-state index contributed by atoms with van der Waals surface area (Å²) < 4.78 is 5.21. The van der Waals surface area contributed by atoms with Crippen LogP contribution in [0.1, 0.15) is 162 Å². The van der Waals surface area contributed by atoms with E-state index in [4.69, 9.17) is 4.74 Å². The van der Waals surface area contributed by atoms with Gasteiger partial charge in [-0.2, -0.15) is 0 Å². The number of hydrogen-bond acceptors (Lipinski definition) is 2. The summed E-state index contributed by atoms with van der Waals surface area (Å²) in [6, 6.07) is 0. The zero-order valence-corrected chi connectivity index (χ0v) is 20.7. The van der Waals surface area contributed by atoms with E-state index >= 15 is 0 Å². The second-order valence-electron chi connectivity index (χ2n) is 9.12. The number of rotatable bonds is 24. The van der Waals surface area contributed by atoms with Crippen molar-refractivity contribution in [3.63, 3.8) is 0 Å². The molecule has 0 aromatic rings. The molecular weight excluding hydrogens is 368 g/mol. The van der Waals surface area contributed by atoms with Crippen LogP contribution in [0.25, 0.3) is 0 Å². The number of hydrogen-bond donors (Lipinski definition) is 0. The highest BCUT2D eigenvalue weighted by Crippen LogP contribution is 2.13. The first-order valence-corrected chi connectivity index (χ1v) is 13.7. The molecule has 0 aromatic carbocycles. The number of carbonyl (C=O) groups excluding carboxylic acids is 1. The Morgan fingerprint density at radius 3 is 1.33 bits per heavy atom. The molecule has 0 amide bonds. The zero-order valence-electron chi connectivity index (χ0n) is 20.7. The highest BCUT2D eigenvalue weighted by Gasteiger charge is 2.00. The summed E-state index contributed by atoms with van der Waals surface area (Å²) >= 11 is 0. The molecular formula is C28H54O2. The molecule has 0 rings (SSSR count). The van der Waals surface area contributed by atoms with Crippen LogP contribution in [0.5, 0.6) is 0 Å². The molecule has 0 aliphatic heterocycles. The van der Waals surface area contributed by atoms with Gasteiger partial charge in [-0.05, 0) is 25.3 Å². The molecule has 0 saturated heterocycles. The van der Waals surface area contributed by atoms with Crippen LogP contribution in [0, 0.1) is 0 Å². The highest BCUT2D eigenvalue weighted by atomic mass is 16.5. The Kier molecular flexibility index (Phi) is 25.6. The van der Waals surface area contributed by atoms with Crippen molar-refractivity contribution >= 4 is 5.97 Å². The van der Waals surface area contributed by atoms with Gasteiger partial charge in [-0.25, -0.2) is 0 Å². The molecule has 0 N–H and O–H groups in total. The number of esters is 1. The van der Waals surface area contributed by atoms with Crippen LogP contribution in [-0.2, 0) is 9.53 Å². The van der Waals surface area contributed by atoms with E-state index in [9.17, 15) is 4.79 Å². The number of ether oxygens (including phenoxy) is 1. The topological polar surface area (TPSA) is 26.3 Å². The van der Waals surface area contributed by atoms with Gasteiger partial charge >= 0.3 is 5.97 Å². The smallest absolute Gasteiger partial charge is 0.310 e. The molecule has 178 valence electrons. The average molecular weight is 423 g/mol. The van der Waals surface area contributed by atoms with Crippen molar-refractivity contribution in [1.82, 2.24) is 0 Å². The van der Waals surface area contributed by atoms with Crippen molar-refractivity contribution in [2.45, 2.75) is 162 Å². The normalized spacial score (nSPS) is 11.4. The van der Waals surface area contributed by atoms with E-state index in [1.807, 2.05) is 6.08 Å². The Hall–Kier alpha value is -0.790. The summed E-state index contributed by atoms with van der Waals surface area (Å²) in [5.41, 5.74) is 0. The molecule has 30 heavy (non-hydrogen) atoms. The van der Waals surface area contributed by atoms with Crippen molar-refractivity contribution in [1.29, 1.82) is 0 Å². The lowest BCUT2D eigenvalue weighted by molar-refractivity contribution is -0.138. The van der Waals surface area contributed by atoms with Gasteiger partial charge in [-0.3, -0.25) is 4.79 Å².